The van der Waals surface area contributed by atoms with E-state index in [2.05, 4.69) is 37.4 Å². The average Bonchev–Trinajstić information content (AvgIpc) is 3.16. The van der Waals surface area contributed by atoms with Gasteiger partial charge < -0.3 is 10.4 Å². The van der Waals surface area contributed by atoms with E-state index < -0.39 is 5.97 Å². The highest BCUT2D eigenvalue weighted by atomic mass is 16.4. The zero-order chi connectivity index (χ0) is 17.6. The number of aromatic nitrogens is 2. The fourth-order valence-corrected chi connectivity index (χ4v) is 3.48. The molecule has 4 rings (SSSR count). The van der Waals surface area contributed by atoms with Crippen LogP contribution in [0.1, 0.15) is 27.0 Å². The van der Waals surface area contributed by atoms with Crippen molar-refractivity contribution in [2.75, 3.05) is 11.9 Å². The molecule has 1 aliphatic heterocycles. The minimum Gasteiger partial charge on any atom is -0.478 e. The van der Waals surface area contributed by atoms with Gasteiger partial charge in [-0.25, -0.2) is 9.48 Å². The van der Waals surface area contributed by atoms with Gasteiger partial charge in [0.15, 0.2) is 0 Å². The van der Waals surface area contributed by atoms with Crippen molar-refractivity contribution in [3.63, 3.8) is 0 Å². The van der Waals surface area contributed by atoms with Crippen molar-refractivity contribution in [2.24, 2.45) is 0 Å². The Morgan fingerprint density at radius 1 is 1.16 bits per heavy atom. The van der Waals surface area contributed by atoms with Crippen LogP contribution >= 0.6 is 0 Å². The van der Waals surface area contributed by atoms with E-state index in [0.717, 1.165) is 35.7 Å². The molecule has 5 nitrogen and oxygen atoms in total. The van der Waals surface area contributed by atoms with Crippen molar-refractivity contribution >= 4 is 11.8 Å². The summed E-state index contributed by atoms with van der Waals surface area (Å²) in [5.74, 6) is 0.0184. The van der Waals surface area contributed by atoms with Gasteiger partial charge in [-0.1, -0.05) is 23.3 Å². The Bertz CT molecular complexity index is 968. The number of nitrogens with zero attached hydrogens (tertiary/aromatic N) is 2. The van der Waals surface area contributed by atoms with E-state index in [1.807, 2.05) is 10.7 Å². The first-order valence-electron chi connectivity index (χ1n) is 8.31. The third kappa shape index (κ3) is 2.67. The second kappa shape index (κ2) is 5.77. The first kappa shape index (κ1) is 15.4. The molecule has 2 heterocycles. The van der Waals surface area contributed by atoms with Crippen LogP contribution in [-0.4, -0.2) is 27.4 Å². The van der Waals surface area contributed by atoms with Crippen LogP contribution in [0.25, 0.3) is 16.9 Å². The number of carboxylic acids is 1. The lowest BCUT2D eigenvalue weighted by atomic mass is 10.0. The van der Waals surface area contributed by atoms with Crippen LogP contribution in [0.2, 0.25) is 0 Å². The molecule has 3 aromatic rings. The standard InChI is InChI=1S/C20H19N3O2/c1-12-8-13(2)10-15(9-12)18-17-6-7-21-19(17)23(22-18)16-5-3-4-14(11-16)20(24)25/h3-5,8-11,21H,6-7H2,1-2H3,(H,24,25). The summed E-state index contributed by atoms with van der Waals surface area (Å²) in [4.78, 5) is 11.3. The number of hydrogen-bond acceptors (Lipinski definition) is 3. The molecule has 0 amide bonds. The molecule has 0 atom stereocenters. The third-order valence-electron chi connectivity index (χ3n) is 4.48. The smallest absolute Gasteiger partial charge is 0.335 e. The summed E-state index contributed by atoms with van der Waals surface area (Å²) < 4.78 is 1.82. The number of benzene rings is 2. The molecule has 0 spiro atoms. The maximum absolute atomic E-state index is 11.3. The number of nitrogens with one attached hydrogen (secondary N) is 1. The van der Waals surface area contributed by atoms with Crippen LogP contribution in [0.5, 0.6) is 0 Å². The maximum Gasteiger partial charge on any atom is 0.335 e. The van der Waals surface area contributed by atoms with E-state index in [1.54, 1.807) is 18.2 Å². The molecule has 0 unspecified atom stereocenters. The van der Waals surface area contributed by atoms with Crippen molar-refractivity contribution in [1.82, 2.24) is 9.78 Å². The second-order valence-corrected chi connectivity index (χ2v) is 6.50. The zero-order valence-corrected chi connectivity index (χ0v) is 14.2. The summed E-state index contributed by atoms with van der Waals surface area (Å²) in [6.07, 6.45) is 0.913. The minimum absolute atomic E-state index is 0.257. The van der Waals surface area contributed by atoms with E-state index in [1.165, 1.54) is 16.7 Å². The van der Waals surface area contributed by atoms with Gasteiger partial charge in [0, 0.05) is 17.7 Å². The monoisotopic (exact) mass is 333 g/mol. The molecule has 0 saturated carbocycles. The summed E-state index contributed by atoms with van der Waals surface area (Å²) in [6, 6.07) is 13.3. The van der Waals surface area contributed by atoms with Gasteiger partial charge in [-0.15, -0.1) is 0 Å². The Balaban J connectivity index is 1.89. The Morgan fingerprint density at radius 3 is 2.64 bits per heavy atom. The molecular weight excluding hydrogens is 314 g/mol. The molecule has 0 radical (unpaired) electrons. The zero-order valence-electron chi connectivity index (χ0n) is 14.2. The van der Waals surface area contributed by atoms with Crippen LogP contribution in [0.15, 0.2) is 42.5 Å². The highest BCUT2D eigenvalue weighted by Crippen LogP contribution is 2.35. The van der Waals surface area contributed by atoms with Crippen LogP contribution < -0.4 is 5.32 Å². The van der Waals surface area contributed by atoms with Crippen molar-refractivity contribution in [3.8, 4) is 16.9 Å². The number of carboxylic acid groups (broad SMARTS) is 1. The number of rotatable bonds is 3. The minimum atomic E-state index is -0.937. The quantitative estimate of drug-likeness (QED) is 0.764. The molecule has 2 aromatic carbocycles. The topological polar surface area (TPSA) is 67.2 Å². The van der Waals surface area contributed by atoms with Gasteiger partial charge in [0.2, 0.25) is 0 Å². The van der Waals surface area contributed by atoms with E-state index in [9.17, 15) is 9.90 Å². The normalized spacial score (nSPS) is 12.7. The summed E-state index contributed by atoms with van der Waals surface area (Å²) in [7, 11) is 0. The highest BCUT2D eigenvalue weighted by Gasteiger charge is 2.24. The van der Waals surface area contributed by atoms with E-state index in [0.29, 0.717) is 0 Å². The van der Waals surface area contributed by atoms with Gasteiger partial charge >= 0.3 is 5.97 Å². The second-order valence-electron chi connectivity index (χ2n) is 6.50. The van der Waals surface area contributed by atoms with E-state index in [4.69, 9.17) is 5.10 Å². The number of aryl methyl sites for hydroxylation is 2. The first-order valence-corrected chi connectivity index (χ1v) is 8.31. The Labute approximate surface area is 145 Å². The number of hydrogen-bond donors (Lipinski definition) is 2. The molecule has 0 aliphatic carbocycles. The summed E-state index contributed by atoms with van der Waals surface area (Å²) >= 11 is 0. The Kier molecular flexibility index (Phi) is 3.57. The van der Waals surface area contributed by atoms with Crippen molar-refractivity contribution in [2.45, 2.75) is 20.3 Å². The van der Waals surface area contributed by atoms with Crippen molar-refractivity contribution in [1.29, 1.82) is 0 Å². The lowest BCUT2D eigenvalue weighted by Gasteiger charge is -2.07. The highest BCUT2D eigenvalue weighted by molar-refractivity contribution is 5.88. The molecule has 25 heavy (non-hydrogen) atoms. The molecule has 126 valence electrons. The van der Waals surface area contributed by atoms with Crippen molar-refractivity contribution < 1.29 is 9.90 Å². The summed E-state index contributed by atoms with van der Waals surface area (Å²) in [5, 5.41) is 17.5. The van der Waals surface area contributed by atoms with Crippen LogP contribution in [0.3, 0.4) is 0 Å². The predicted molar refractivity (Wildman–Crippen MR) is 97.6 cm³/mol. The van der Waals surface area contributed by atoms with Crippen LogP contribution in [0, 0.1) is 13.8 Å². The molecule has 0 saturated heterocycles. The fourth-order valence-electron chi connectivity index (χ4n) is 3.48. The lowest BCUT2D eigenvalue weighted by Crippen LogP contribution is -2.05. The Morgan fingerprint density at radius 2 is 1.92 bits per heavy atom. The largest absolute Gasteiger partial charge is 0.478 e. The maximum atomic E-state index is 11.3. The number of carbonyl (C=O) groups is 1. The molecule has 1 aromatic heterocycles. The summed E-state index contributed by atoms with van der Waals surface area (Å²) in [6.45, 7) is 5.04. The lowest BCUT2D eigenvalue weighted by molar-refractivity contribution is 0.0697. The van der Waals surface area contributed by atoms with Crippen LogP contribution in [0.4, 0.5) is 5.82 Å². The van der Waals surface area contributed by atoms with Crippen molar-refractivity contribution in [3.05, 3.63) is 64.7 Å². The predicted octanol–water partition coefficient (Wildman–Crippen LogP) is 3.82. The van der Waals surface area contributed by atoms with Crippen LogP contribution in [-0.2, 0) is 6.42 Å². The number of anilines is 1. The summed E-state index contributed by atoms with van der Waals surface area (Å²) in [5.41, 5.74) is 6.67. The van der Waals surface area contributed by atoms with Gasteiger partial charge in [-0.3, -0.25) is 0 Å². The van der Waals surface area contributed by atoms with E-state index >= 15 is 0 Å². The van der Waals surface area contributed by atoms with E-state index in [-0.39, 0.29) is 5.56 Å². The molecule has 5 heteroatoms. The number of fused-ring (bicyclic) bond motifs is 1. The Hall–Kier alpha value is -3.08. The molecule has 2 N–H and O–H groups in total. The molecule has 0 bridgehead atoms. The number of aromatic carboxylic acids is 1. The average molecular weight is 333 g/mol. The van der Waals surface area contributed by atoms with Gasteiger partial charge in [-0.05, 0) is 50.6 Å². The fraction of sp³-hybridized carbons (Fsp3) is 0.200. The first-order chi connectivity index (χ1) is 12.0. The molecule has 0 fully saturated rings. The van der Waals surface area contributed by atoms with Gasteiger partial charge in [0.1, 0.15) is 5.82 Å². The third-order valence-corrected chi connectivity index (χ3v) is 4.48. The van der Waals surface area contributed by atoms with Gasteiger partial charge in [0.25, 0.3) is 0 Å². The molecular formula is C20H19N3O2. The van der Waals surface area contributed by atoms with Gasteiger partial charge in [-0.2, -0.15) is 5.10 Å². The SMILES string of the molecule is Cc1cc(C)cc(-c2nn(-c3cccc(C(=O)O)c3)c3c2CCN3)c1. The molecule has 1 aliphatic rings. The van der Waals surface area contributed by atoms with Gasteiger partial charge in [0.05, 0.1) is 16.9 Å².